The van der Waals surface area contributed by atoms with Gasteiger partial charge in [0.2, 0.25) is 0 Å². The van der Waals surface area contributed by atoms with Crippen LogP contribution in [0.25, 0.3) is 5.69 Å². The van der Waals surface area contributed by atoms with E-state index in [1.807, 2.05) is 0 Å². The van der Waals surface area contributed by atoms with Crippen molar-refractivity contribution in [1.82, 2.24) is 15.0 Å². The third kappa shape index (κ3) is 2.11. The average Bonchev–Trinajstić information content (AvgIpc) is 2.67. The van der Waals surface area contributed by atoms with E-state index in [4.69, 9.17) is 23.2 Å². The summed E-state index contributed by atoms with van der Waals surface area (Å²) in [4.78, 5) is 11.3. The number of benzene rings is 1. The summed E-state index contributed by atoms with van der Waals surface area (Å²) in [5.41, 5.74) is 1.25. The van der Waals surface area contributed by atoms with Gasteiger partial charge in [-0.3, -0.25) is 4.79 Å². The molecule has 0 aliphatic carbocycles. The van der Waals surface area contributed by atoms with Crippen LogP contribution in [0.5, 0.6) is 0 Å². The molecule has 4 nitrogen and oxygen atoms in total. The van der Waals surface area contributed by atoms with Crippen LogP contribution in [0.15, 0.2) is 12.1 Å². The van der Waals surface area contributed by atoms with Crippen LogP contribution in [0, 0.1) is 12.7 Å². The first-order valence-corrected chi connectivity index (χ1v) is 5.75. The summed E-state index contributed by atoms with van der Waals surface area (Å²) < 4.78 is 14.7. The maximum atomic E-state index is 13.3. The predicted molar refractivity (Wildman–Crippen MR) is 66.1 cm³/mol. The lowest BCUT2D eigenvalue weighted by Gasteiger charge is -2.05. The van der Waals surface area contributed by atoms with Gasteiger partial charge >= 0.3 is 0 Å². The Morgan fingerprint density at radius 3 is 2.33 bits per heavy atom. The van der Waals surface area contributed by atoms with E-state index in [0.717, 1.165) is 0 Å². The van der Waals surface area contributed by atoms with E-state index in [-0.39, 0.29) is 21.5 Å². The van der Waals surface area contributed by atoms with Gasteiger partial charge in [0, 0.05) is 6.92 Å². The van der Waals surface area contributed by atoms with Gasteiger partial charge in [-0.1, -0.05) is 28.4 Å². The van der Waals surface area contributed by atoms with Crippen LogP contribution in [0.4, 0.5) is 4.39 Å². The van der Waals surface area contributed by atoms with E-state index >= 15 is 0 Å². The Morgan fingerprint density at radius 1 is 1.33 bits per heavy atom. The van der Waals surface area contributed by atoms with E-state index in [2.05, 4.69) is 10.3 Å². The zero-order valence-electron chi connectivity index (χ0n) is 9.54. The molecule has 0 amide bonds. The number of rotatable bonds is 2. The summed E-state index contributed by atoms with van der Waals surface area (Å²) in [6, 6.07) is 2.74. The molecule has 0 aliphatic heterocycles. The first kappa shape index (κ1) is 13.0. The lowest BCUT2D eigenvalue weighted by Crippen LogP contribution is -2.02. The Morgan fingerprint density at radius 2 is 1.89 bits per heavy atom. The molecule has 0 saturated carbocycles. The molecule has 0 N–H and O–H groups in total. The molecular formula is C11H8Cl2FN3O. The van der Waals surface area contributed by atoms with Gasteiger partial charge in [-0.05, 0) is 19.1 Å². The first-order chi connectivity index (χ1) is 8.41. The van der Waals surface area contributed by atoms with Gasteiger partial charge in [-0.25, -0.2) is 9.07 Å². The molecule has 0 bridgehead atoms. The number of hydrogen-bond donors (Lipinski definition) is 0. The van der Waals surface area contributed by atoms with Gasteiger partial charge < -0.3 is 0 Å². The summed E-state index contributed by atoms with van der Waals surface area (Å²) in [6.07, 6.45) is 0. The number of aromatic nitrogens is 3. The van der Waals surface area contributed by atoms with Gasteiger partial charge in [-0.2, -0.15) is 0 Å². The van der Waals surface area contributed by atoms with Crippen molar-refractivity contribution in [3.63, 3.8) is 0 Å². The summed E-state index contributed by atoms with van der Waals surface area (Å²) in [6.45, 7) is 3.08. The van der Waals surface area contributed by atoms with Gasteiger partial charge in [0.25, 0.3) is 0 Å². The highest BCUT2D eigenvalue weighted by Crippen LogP contribution is 2.27. The topological polar surface area (TPSA) is 47.8 Å². The Bertz CT molecular complexity index is 616. The molecule has 2 rings (SSSR count). The molecule has 94 valence electrons. The maximum absolute atomic E-state index is 13.3. The SMILES string of the molecule is CC(=O)c1nnn(-c2cc(Cl)c(F)c(Cl)c2)c1C. The highest BCUT2D eigenvalue weighted by Gasteiger charge is 2.16. The summed E-state index contributed by atoms with van der Waals surface area (Å²) >= 11 is 11.4. The molecule has 0 unspecified atom stereocenters. The van der Waals surface area contributed by atoms with Crippen molar-refractivity contribution < 1.29 is 9.18 Å². The second-order valence-corrected chi connectivity index (χ2v) is 4.53. The van der Waals surface area contributed by atoms with Crippen LogP contribution in [-0.4, -0.2) is 20.8 Å². The second-order valence-electron chi connectivity index (χ2n) is 3.71. The van der Waals surface area contributed by atoms with Crippen molar-refractivity contribution in [1.29, 1.82) is 0 Å². The van der Waals surface area contributed by atoms with E-state index in [1.165, 1.54) is 23.7 Å². The minimum Gasteiger partial charge on any atom is -0.293 e. The predicted octanol–water partition coefficient (Wildman–Crippen LogP) is 3.22. The number of halogens is 3. The van der Waals surface area contributed by atoms with E-state index in [0.29, 0.717) is 11.4 Å². The highest BCUT2D eigenvalue weighted by molar-refractivity contribution is 6.35. The fraction of sp³-hybridized carbons (Fsp3) is 0.182. The van der Waals surface area contributed by atoms with Gasteiger partial charge in [-0.15, -0.1) is 5.10 Å². The lowest BCUT2D eigenvalue weighted by molar-refractivity contribution is 0.101. The van der Waals surface area contributed by atoms with Crippen LogP contribution in [0.3, 0.4) is 0 Å². The molecule has 1 heterocycles. The zero-order valence-corrected chi connectivity index (χ0v) is 11.1. The number of ketones is 1. The van der Waals surface area contributed by atoms with Gasteiger partial charge in [0.05, 0.1) is 21.4 Å². The molecule has 18 heavy (non-hydrogen) atoms. The van der Waals surface area contributed by atoms with Crippen LogP contribution in [-0.2, 0) is 0 Å². The third-order valence-electron chi connectivity index (χ3n) is 2.44. The summed E-state index contributed by atoms with van der Waals surface area (Å²) in [5, 5.41) is 7.35. The van der Waals surface area contributed by atoms with E-state index < -0.39 is 5.82 Å². The number of nitrogens with zero attached hydrogens (tertiary/aromatic N) is 3. The van der Waals surface area contributed by atoms with Gasteiger partial charge in [0.1, 0.15) is 0 Å². The lowest BCUT2D eigenvalue weighted by atomic mass is 10.2. The average molecular weight is 288 g/mol. The fourth-order valence-electron chi connectivity index (χ4n) is 1.56. The Balaban J connectivity index is 2.59. The smallest absolute Gasteiger partial charge is 0.181 e. The minimum atomic E-state index is -0.688. The van der Waals surface area contributed by atoms with Crippen molar-refractivity contribution in [2.75, 3.05) is 0 Å². The number of Topliss-reactive ketones (excluding diaryl/α,β-unsaturated/α-hetero) is 1. The maximum Gasteiger partial charge on any atom is 0.181 e. The molecule has 1 aromatic carbocycles. The number of carbonyl (C=O) groups is 1. The van der Waals surface area contributed by atoms with Crippen molar-refractivity contribution in [3.8, 4) is 5.69 Å². The monoisotopic (exact) mass is 287 g/mol. The summed E-state index contributed by atoms with van der Waals surface area (Å²) in [5.74, 6) is -0.885. The van der Waals surface area contributed by atoms with E-state index in [9.17, 15) is 9.18 Å². The van der Waals surface area contributed by atoms with Crippen LogP contribution < -0.4 is 0 Å². The van der Waals surface area contributed by atoms with E-state index in [1.54, 1.807) is 6.92 Å². The third-order valence-corrected chi connectivity index (χ3v) is 2.99. The molecule has 0 spiro atoms. The van der Waals surface area contributed by atoms with Crippen molar-refractivity contribution >= 4 is 29.0 Å². The Kier molecular flexibility index (Phi) is 3.36. The fourth-order valence-corrected chi connectivity index (χ4v) is 2.04. The molecule has 0 saturated heterocycles. The van der Waals surface area contributed by atoms with Crippen LogP contribution >= 0.6 is 23.2 Å². The van der Waals surface area contributed by atoms with Crippen molar-refractivity contribution in [2.45, 2.75) is 13.8 Å². The molecule has 7 heteroatoms. The second kappa shape index (κ2) is 4.66. The number of carbonyl (C=O) groups excluding carboxylic acids is 1. The molecular weight excluding hydrogens is 280 g/mol. The standard InChI is InChI=1S/C11H8Cl2FN3O/c1-5-11(6(2)18)15-16-17(5)7-3-8(12)10(14)9(13)4-7/h3-4H,1-2H3. The van der Waals surface area contributed by atoms with Crippen LogP contribution in [0.1, 0.15) is 23.1 Å². The summed E-state index contributed by atoms with van der Waals surface area (Å²) in [7, 11) is 0. The molecule has 0 radical (unpaired) electrons. The molecule has 0 atom stereocenters. The Labute approximate surface area is 112 Å². The van der Waals surface area contributed by atoms with Crippen LogP contribution in [0.2, 0.25) is 10.0 Å². The van der Waals surface area contributed by atoms with Gasteiger partial charge in [0.15, 0.2) is 17.3 Å². The van der Waals surface area contributed by atoms with Crippen molar-refractivity contribution in [2.24, 2.45) is 0 Å². The normalized spacial score (nSPS) is 10.7. The van der Waals surface area contributed by atoms with Crippen molar-refractivity contribution in [3.05, 3.63) is 39.4 Å². The molecule has 1 aromatic heterocycles. The molecule has 0 aliphatic rings. The Hall–Kier alpha value is -1.46. The quantitative estimate of drug-likeness (QED) is 0.629. The largest absolute Gasteiger partial charge is 0.293 e. The highest BCUT2D eigenvalue weighted by atomic mass is 35.5. The number of hydrogen-bond acceptors (Lipinski definition) is 3. The first-order valence-electron chi connectivity index (χ1n) is 5.00. The minimum absolute atomic E-state index is 0.114. The molecule has 2 aromatic rings. The molecule has 0 fully saturated rings. The zero-order chi connectivity index (χ0) is 13.4.